The molecule has 0 radical (unpaired) electrons. The maximum Gasteiger partial charge on any atom is 0.407 e. The van der Waals surface area contributed by atoms with Crippen molar-refractivity contribution in [3.8, 4) is 0 Å². The lowest BCUT2D eigenvalue weighted by atomic mass is 9.92. The third kappa shape index (κ3) is 6.15. The molecule has 2 aliphatic rings. The lowest BCUT2D eigenvalue weighted by Crippen LogP contribution is -2.65. The predicted octanol–water partition coefficient (Wildman–Crippen LogP) is 0.906. The molecule has 1 aromatic carbocycles. The molecular formula is C25H32N2O11S. The molecule has 0 aliphatic carbocycles. The van der Waals surface area contributed by atoms with E-state index in [1.54, 1.807) is 45.0 Å². The fraction of sp³-hybridized carbons (Fsp3) is 0.560. The highest BCUT2D eigenvalue weighted by Gasteiger charge is 2.72. The van der Waals surface area contributed by atoms with Gasteiger partial charge in [0.1, 0.15) is 31.7 Å². The number of esters is 3. The quantitative estimate of drug-likeness (QED) is 0.194. The average Bonchev–Trinajstić information content (AvgIpc) is 3.00. The van der Waals surface area contributed by atoms with E-state index in [0.717, 1.165) is 10.5 Å². The summed E-state index contributed by atoms with van der Waals surface area (Å²) in [6.45, 7) is 5.51. The molecule has 39 heavy (non-hydrogen) atoms. The first-order valence-corrected chi connectivity index (χ1v) is 13.6. The fourth-order valence-electron chi connectivity index (χ4n) is 4.13. The van der Waals surface area contributed by atoms with E-state index in [9.17, 15) is 32.4 Å². The van der Waals surface area contributed by atoms with E-state index in [-0.39, 0.29) is 6.61 Å². The van der Waals surface area contributed by atoms with Crippen LogP contribution in [-0.2, 0) is 54.6 Å². The molecule has 0 spiro atoms. The van der Waals surface area contributed by atoms with Crippen LogP contribution in [0.5, 0.6) is 0 Å². The van der Waals surface area contributed by atoms with E-state index in [1.807, 2.05) is 6.07 Å². The molecule has 0 aromatic heterocycles. The van der Waals surface area contributed by atoms with Crippen molar-refractivity contribution in [2.45, 2.75) is 57.4 Å². The van der Waals surface area contributed by atoms with Crippen molar-refractivity contribution in [3.05, 3.63) is 35.9 Å². The molecular weight excluding hydrogens is 536 g/mol. The summed E-state index contributed by atoms with van der Waals surface area (Å²) in [5.74, 6) is -4.54. The molecule has 2 heterocycles. The zero-order valence-corrected chi connectivity index (χ0v) is 23.1. The molecule has 3 atom stereocenters. The number of sulfone groups is 1. The summed E-state index contributed by atoms with van der Waals surface area (Å²) in [4.78, 5) is 62.3. The van der Waals surface area contributed by atoms with E-state index >= 15 is 0 Å². The lowest BCUT2D eigenvalue weighted by molar-refractivity contribution is -0.182. The van der Waals surface area contributed by atoms with Gasteiger partial charge in [-0.25, -0.2) is 18.0 Å². The number of carbonyl (C=O) groups is 5. The zero-order valence-electron chi connectivity index (χ0n) is 22.3. The summed E-state index contributed by atoms with van der Waals surface area (Å²) >= 11 is 0. The number of rotatable bonds is 9. The standard InChI is InChI=1S/C25H32N2O11S/c1-24(2,3)22(31)38-14-37-21(30)18-25(4,5)39(33,34)20-16(19(29)27(18)20)13-35-17(28)11-26-23(32)36-12-15-9-7-6-8-10-15/h6-10,16,18,20H,11-14H2,1-5H3,(H,26,32)/t16-,18-,20+/m0/s1. The Balaban J connectivity index is 1.52. The third-order valence-electron chi connectivity index (χ3n) is 6.42. The molecule has 3 rings (SSSR count). The number of nitrogens with one attached hydrogen (secondary N) is 1. The molecule has 214 valence electrons. The molecule has 2 aliphatic heterocycles. The molecule has 2 fully saturated rings. The van der Waals surface area contributed by atoms with Gasteiger partial charge in [0.15, 0.2) is 15.2 Å². The van der Waals surface area contributed by atoms with Crippen LogP contribution < -0.4 is 5.32 Å². The number of amides is 2. The largest absolute Gasteiger partial charge is 0.463 e. The van der Waals surface area contributed by atoms with Crippen LogP contribution in [0.15, 0.2) is 30.3 Å². The number of hydrogen-bond acceptors (Lipinski definition) is 11. The Morgan fingerprint density at radius 3 is 2.26 bits per heavy atom. The first-order valence-electron chi connectivity index (χ1n) is 12.1. The van der Waals surface area contributed by atoms with Gasteiger partial charge in [-0.15, -0.1) is 0 Å². The minimum absolute atomic E-state index is 0.00786. The number of nitrogens with zero attached hydrogens (tertiary/aromatic N) is 1. The van der Waals surface area contributed by atoms with E-state index in [1.165, 1.54) is 13.8 Å². The normalized spacial score (nSPS) is 22.6. The van der Waals surface area contributed by atoms with Gasteiger partial charge in [-0.1, -0.05) is 30.3 Å². The van der Waals surface area contributed by atoms with Crippen molar-refractivity contribution in [1.82, 2.24) is 10.2 Å². The van der Waals surface area contributed by atoms with Crippen LogP contribution in [0.4, 0.5) is 4.79 Å². The summed E-state index contributed by atoms with van der Waals surface area (Å²) in [5.41, 5.74) is -0.0964. The van der Waals surface area contributed by atoms with Crippen molar-refractivity contribution < 1.29 is 51.3 Å². The minimum Gasteiger partial charge on any atom is -0.463 e. The van der Waals surface area contributed by atoms with Crippen molar-refractivity contribution in [2.24, 2.45) is 11.3 Å². The Labute approximate surface area is 226 Å². The molecule has 0 saturated carbocycles. The molecule has 2 amide bonds. The molecule has 13 nitrogen and oxygen atoms in total. The summed E-state index contributed by atoms with van der Waals surface area (Å²) in [5, 5.41) is 0.801. The van der Waals surface area contributed by atoms with E-state index in [2.05, 4.69) is 5.32 Å². The SMILES string of the molecule is CC(C)(C)C(=O)OCOC(=O)[C@@H]1N2C(=O)[C@H](COC(=O)CNC(=O)OCc3ccccc3)[C@H]2S(=O)(=O)C1(C)C. The summed E-state index contributed by atoms with van der Waals surface area (Å²) < 4.78 is 44.6. The molecule has 2 saturated heterocycles. The maximum absolute atomic E-state index is 13.2. The highest BCUT2D eigenvalue weighted by atomic mass is 32.2. The van der Waals surface area contributed by atoms with Crippen molar-refractivity contribution in [3.63, 3.8) is 0 Å². The molecule has 0 bridgehead atoms. The molecule has 14 heteroatoms. The van der Waals surface area contributed by atoms with Gasteiger partial charge in [0.05, 0.1) is 10.2 Å². The second-order valence-corrected chi connectivity index (χ2v) is 13.3. The van der Waals surface area contributed by atoms with Crippen LogP contribution in [0.2, 0.25) is 0 Å². The van der Waals surface area contributed by atoms with Crippen LogP contribution in [0, 0.1) is 11.3 Å². The van der Waals surface area contributed by atoms with Crippen molar-refractivity contribution in [1.29, 1.82) is 0 Å². The minimum atomic E-state index is -4.10. The second-order valence-electron chi connectivity index (χ2n) is 10.7. The van der Waals surface area contributed by atoms with E-state index in [0.29, 0.717) is 0 Å². The van der Waals surface area contributed by atoms with Crippen LogP contribution in [0.3, 0.4) is 0 Å². The zero-order chi connectivity index (χ0) is 29.2. The van der Waals surface area contributed by atoms with Gasteiger partial charge in [0.2, 0.25) is 12.7 Å². The van der Waals surface area contributed by atoms with Crippen LogP contribution in [-0.4, -0.2) is 79.3 Å². The van der Waals surface area contributed by atoms with Crippen LogP contribution in [0.25, 0.3) is 0 Å². The lowest BCUT2D eigenvalue weighted by Gasteiger charge is -2.42. The Bertz CT molecular complexity index is 1240. The van der Waals surface area contributed by atoms with Gasteiger partial charge < -0.3 is 29.2 Å². The summed E-state index contributed by atoms with van der Waals surface area (Å²) in [7, 11) is -4.10. The van der Waals surface area contributed by atoms with Gasteiger partial charge in [-0.3, -0.25) is 14.4 Å². The molecule has 1 aromatic rings. The third-order valence-corrected chi connectivity index (χ3v) is 9.30. The van der Waals surface area contributed by atoms with Gasteiger partial charge in [-0.05, 0) is 40.2 Å². The Morgan fingerprint density at radius 2 is 1.64 bits per heavy atom. The van der Waals surface area contributed by atoms with E-state index in [4.69, 9.17) is 18.9 Å². The number of carbonyl (C=O) groups excluding carboxylic acids is 5. The molecule has 1 N–H and O–H groups in total. The maximum atomic E-state index is 13.2. The Hall–Kier alpha value is -3.68. The number of β-lactam (4-membered cyclic amide) rings is 1. The fourth-order valence-corrected chi connectivity index (χ4v) is 6.43. The van der Waals surface area contributed by atoms with Gasteiger partial charge in [0.25, 0.3) is 0 Å². The monoisotopic (exact) mass is 568 g/mol. The first kappa shape index (κ1) is 29.9. The Morgan fingerprint density at radius 1 is 1.00 bits per heavy atom. The highest BCUT2D eigenvalue weighted by Crippen LogP contribution is 2.49. The number of fused-ring (bicyclic) bond motifs is 1. The van der Waals surface area contributed by atoms with Gasteiger partial charge >= 0.3 is 24.0 Å². The van der Waals surface area contributed by atoms with Crippen LogP contribution in [0.1, 0.15) is 40.2 Å². The van der Waals surface area contributed by atoms with Crippen molar-refractivity contribution >= 4 is 39.7 Å². The topological polar surface area (TPSA) is 172 Å². The Kier molecular flexibility index (Phi) is 8.58. The van der Waals surface area contributed by atoms with E-state index < -0.39 is 87.2 Å². The first-order chi connectivity index (χ1) is 18.1. The number of benzene rings is 1. The van der Waals surface area contributed by atoms with Crippen LogP contribution >= 0.6 is 0 Å². The average molecular weight is 569 g/mol. The number of alkyl carbamates (subject to hydrolysis) is 1. The highest BCUT2D eigenvalue weighted by molar-refractivity contribution is 7.93. The predicted molar refractivity (Wildman–Crippen MR) is 133 cm³/mol. The summed E-state index contributed by atoms with van der Waals surface area (Å²) in [6.07, 6.45) is -0.864. The summed E-state index contributed by atoms with van der Waals surface area (Å²) in [6, 6.07) is 7.39. The molecule has 0 unspecified atom stereocenters. The smallest absolute Gasteiger partial charge is 0.407 e. The van der Waals surface area contributed by atoms with Gasteiger partial charge in [-0.2, -0.15) is 0 Å². The van der Waals surface area contributed by atoms with Gasteiger partial charge in [0, 0.05) is 0 Å². The number of ether oxygens (including phenoxy) is 4. The van der Waals surface area contributed by atoms with Crippen molar-refractivity contribution in [2.75, 3.05) is 19.9 Å². The number of hydrogen-bond donors (Lipinski definition) is 1. The second kappa shape index (κ2) is 11.2.